The number of likely N-dealkylation sites (N-methyl/N-ethyl adjacent to an activating group) is 1. The SMILES string of the molecule is CN1CCC(Nc2ccsc2)C1. The van der Waals surface area contributed by atoms with Crippen LogP contribution in [0.5, 0.6) is 0 Å². The number of nitrogens with one attached hydrogen (secondary N) is 1. The fourth-order valence-corrected chi connectivity index (χ4v) is 2.23. The highest BCUT2D eigenvalue weighted by Crippen LogP contribution is 2.16. The summed E-state index contributed by atoms with van der Waals surface area (Å²) in [7, 11) is 2.18. The summed E-state index contributed by atoms with van der Waals surface area (Å²) in [5, 5.41) is 7.80. The summed E-state index contributed by atoms with van der Waals surface area (Å²) in [6.07, 6.45) is 1.27. The maximum Gasteiger partial charge on any atom is 0.0451 e. The van der Waals surface area contributed by atoms with Crippen LogP contribution in [0.15, 0.2) is 16.8 Å². The van der Waals surface area contributed by atoms with E-state index in [1.54, 1.807) is 11.3 Å². The topological polar surface area (TPSA) is 15.3 Å². The van der Waals surface area contributed by atoms with Gasteiger partial charge in [-0.3, -0.25) is 0 Å². The van der Waals surface area contributed by atoms with Gasteiger partial charge in [0.1, 0.15) is 0 Å². The lowest BCUT2D eigenvalue weighted by atomic mass is 10.2. The molecule has 1 unspecified atom stereocenters. The molecule has 0 bridgehead atoms. The Morgan fingerprint density at radius 3 is 3.17 bits per heavy atom. The van der Waals surface area contributed by atoms with Gasteiger partial charge in [-0.25, -0.2) is 0 Å². The fraction of sp³-hybridized carbons (Fsp3) is 0.556. The summed E-state index contributed by atoms with van der Waals surface area (Å²) in [5.74, 6) is 0. The number of nitrogens with zero attached hydrogens (tertiary/aromatic N) is 1. The molecule has 0 radical (unpaired) electrons. The van der Waals surface area contributed by atoms with Gasteiger partial charge in [-0.05, 0) is 31.5 Å². The molecule has 1 fully saturated rings. The van der Waals surface area contributed by atoms with E-state index >= 15 is 0 Å². The first-order valence-electron chi connectivity index (χ1n) is 4.32. The number of likely N-dealkylation sites (tertiary alicyclic amines) is 1. The number of hydrogen-bond donors (Lipinski definition) is 1. The van der Waals surface area contributed by atoms with Crippen LogP contribution in [0.25, 0.3) is 0 Å². The molecule has 66 valence electrons. The molecule has 0 amide bonds. The zero-order valence-corrected chi connectivity index (χ0v) is 8.10. The molecular formula is C9H14N2S. The molecule has 1 saturated heterocycles. The highest BCUT2D eigenvalue weighted by atomic mass is 32.1. The van der Waals surface area contributed by atoms with Crippen LogP contribution < -0.4 is 5.32 Å². The van der Waals surface area contributed by atoms with Gasteiger partial charge in [-0.1, -0.05) is 0 Å². The van der Waals surface area contributed by atoms with Gasteiger partial charge in [0.15, 0.2) is 0 Å². The first kappa shape index (κ1) is 8.08. The van der Waals surface area contributed by atoms with E-state index in [0.29, 0.717) is 6.04 Å². The van der Waals surface area contributed by atoms with Crippen molar-refractivity contribution in [3.8, 4) is 0 Å². The Hall–Kier alpha value is -0.540. The van der Waals surface area contributed by atoms with Crippen LogP contribution in [0.3, 0.4) is 0 Å². The van der Waals surface area contributed by atoms with Crippen molar-refractivity contribution in [2.75, 3.05) is 25.5 Å². The third-order valence-electron chi connectivity index (χ3n) is 2.28. The van der Waals surface area contributed by atoms with E-state index in [1.165, 1.54) is 25.2 Å². The molecule has 2 rings (SSSR count). The van der Waals surface area contributed by atoms with Crippen molar-refractivity contribution in [2.24, 2.45) is 0 Å². The lowest BCUT2D eigenvalue weighted by Gasteiger charge is -2.12. The molecule has 0 aliphatic carbocycles. The second-order valence-corrected chi connectivity index (χ2v) is 4.18. The fourth-order valence-electron chi connectivity index (χ4n) is 1.64. The zero-order chi connectivity index (χ0) is 8.39. The lowest BCUT2D eigenvalue weighted by Crippen LogP contribution is -2.23. The maximum atomic E-state index is 3.52. The normalized spacial score (nSPS) is 24.6. The second-order valence-electron chi connectivity index (χ2n) is 3.40. The number of thiophene rings is 1. The lowest BCUT2D eigenvalue weighted by molar-refractivity contribution is 0.414. The maximum absolute atomic E-state index is 3.52. The minimum atomic E-state index is 0.657. The summed E-state index contributed by atoms with van der Waals surface area (Å²) in [6.45, 7) is 2.40. The quantitative estimate of drug-likeness (QED) is 0.751. The predicted octanol–water partition coefficient (Wildman–Crippen LogP) is 1.86. The highest BCUT2D eigenvalue weighted by molar-refractivity contribution is 7.08. The Morgan fingerprint density at radius 1 is 1.67 bits per heavy atom. The number of rotatable bonds is 2. The number of hydrogen-bond acceptors (Lipinski definition) is 3. The summed E-state index contributed by atoms with van der Waals surface area (Å²) in [5.41, 5.74) is 1.28. The van der Waals surface area contributed by atoms with E-state index < -0.39 is 0 Å². The van der Waals surface area contributed by atoms with E-state index in [2.05, 4.69) is 34.1 Å². The van der Waals surface area contributed by atoms with Crippen molar-refractivity contribution < 1.29 is 0 Å². The van der Waals surface area contributed by atoms with Crippen LogP contribution in [0, 0.1) is 0 Å². The Kier molecular flexibility index (Phi) is 2.33. The average molecular weight is 182 g/mol. The minimum absolute atomic E-state index is 0.657. The third kappa shape index (κ3) is 1.79. The Balaban J connectivity index is 1.88. The van der Waals surface area contributed by atoms with Crippen LogP contribution in [0.1, 0.15) is 6.42 Å². The third-order valence-corrected chi connectivity index (χ3v) is 2.97. The molecular weight excluding hydrogens is 168 g/mol. The van der Waals surface area contributed by atoms with Gasteiger partial charge in [0.2, 0.25) is 0 Å². The van der Waals surface area contributed by atoms with Gasteiger partial charge in [-0.15, -0.1) is 0 Å². The minimum Gasteiger partial charge on any atom is -0.380 e. The first-order valence-corrected chi connectivity index (χ1v) is 5.26. The standard InChI is InChI=1S/C9H14N2S/c1-11-4-2-8(6-11)10-9-3-5-12-7-9/h3,5,7-8,10H,2,4,6H2,1H3. The van der Waals surface area contributed by atoms with Crippen LogP contribution in [0.4, 0.5) is 5.69 Å². The molecule has 0 aromatic carbocycles. The molecule has 3 heteroatoms. The molecule has 12 heavy (non-hydrogen) atoms. The summed E-state index contributed by atoms with van der Waals surface area (Å²) >= 11 is 1.75. The van der Waals surface area contributed by atoms with Gasteiger partial charge >= 0.3 is 0 Å². The summed E-state index contributed by atoms with van der Waals surface area (Å²) < 4.78 is 0. The Labute approximate surface area is 77.2 Å². The second kappa shape index (κ2) is 3.46. The molecule has 0 saturated carbocycles. The Bertz CT molecular complexity index is 233. The molecule has 2 nitrogen and oxygen atoms in total. The molecule has 1 atom stereocenters. The average Bonchev–Trinajstić information content (AvgIpc) is 2.63. The molecule has 1 aromatic heterocycles. The molecule has 0 spiro atoms. The zero-order valence-electron chi connectivity index (χ0n) is 7.29. The molecule has 1 N–H and O–H groups in total. The van der Waals surface area contributed by atoms with Crippen molar-refractivity contribution in [1.82, 2.24) is 4.90 Å². The van der Waals surface area contributed by atoms with Crippen LogP contribution >= 0.6 is 11.3 Å². The van der Waals surface area contributed by atoms with Crippen molar-refractivity contribution in [3.63, 3.8) is 0 Å². The van der Waals surface area contributed by atoms with Gasteiger partial charge in [-0.2, -0.15) is 11.3 Å². The van der Waals surface area contributed by atoms with Gasteiger partial charge in [0.05, 0.1) is 0 Å². The molecule has 1 aromatic rings. The van der Waals surface area contributed by atoms with Crippen LogP contribution in [-0.2, 0) is 0 Å². The Morgan fingerprint density at radius 2 is 2.58 bits per heavy atom. The molecule has 2 heterocycles. The van der Waals surface area contributed by atoms with E-state index in [0.717, 1.165) is 0 Å². The monoisotopic (exact) mass is 182 g/mol. The molecule has 1 aliphatic heterocycles. The highest BCUT2D eigenvalue weighted by Gasteiger charge is 2.18. The first-order chi connectivity index (χ1) is 5.84. The summed E-state index contributed by atoms with van der Waals surface area (Å²) in [6, 6.07) is 2.80. The van der Waals surface area contributed by atoms with Gasteiger partial charge < -0.3 is 10.2 Å². The van der Waals surface area contributed by atoms with E-state index in [-0.39, 0.29) is 0 Å². The van der Waals surface area contributed by atoms with Crippen molar-refractivity contribution >= 4 is 17.0 Å². The summed E-state index contributed by atoms with van der Waals surface area (Å²) in [4.78, 5) is 2.37. The van der Waals surface area contributed by atoms with Gasteiger partial charge in [0.25, 0.3) is 0 Å². The van der Waals surface area contributed by atoms with Crippen molar-refractivity contribution in [1.29, 1.82) is 0 Å². The molecule has 1 aliphatic rings. The van der Waals surface area contributed by atoms with Crippen molar-refractivity contribution in [3.05, 3.63) is 16.8 Å². The smallest absolute Gasteiger partial charge is 0.0451 e. The van der Waals surface area contributed by atoms with Gasteiger partial charge in [0, 0.05) is 23.7 Å². The van der Waals surface area contributed by atoms with E-state index in [1.807, 2.05) is 0 Å². The predicted molar refractivity (Wildman–Crippen MR) is 53.8 cm³/mol. The van der Waals surface area contributed by atoms with E-state index in [4.69, 9.17) is 0 Å². The van der Waals surface area contributed by atoms with Crippen LogP contribution in [0.2, 0.25) is 0 Å². The largest absolute Gasteiger partial charge is 0.380 e. The van der Waals surface area contributed by atoms with E-state index in [9.17, 15) is 0 Å². The van der Waals surface area contributed by atoms with Crippen LogP contribution in [-0.4, -0.2) is 31.1 Å². The van der Waals surface area contributed by atoms with Crippen molar-refractivity contribution in [2.45, 2.75) is 12.5 Å². The number of anilines is 1.